The molecule has 1 aromatic rings. The maximum atomic E-state index is 12.7. The number of aryl methyl sites for hydroxylation is 1. The average Bonchev–Trinajstić information content (AvgIpc) is 2.37. The summed E-state index contributed by atoms with van der Waals surface area (Å²) in [5.41, 5.74) is -0.299. The Kier molecular flexibility index (Phi) is 10.6. The molecule has 1 rings (SSSR count). The summed E-state index contributed by atoms with van der Waals surface area (Å²) in [6.07, 6.45) is 4.45. The minimum atomic E-state index is -4.94. The molecule has 0 radical (unpaired) electrons. The first-order valence-electron chi connectivity index (χ1n) is 7.31. The van der Waals surface area contributed by atoms with Crippen molar-refractivity contribution >= 4 is 12.4 Å². The molecule has 0 N–H and O–H groups in total. The van der Waals surface area contributed by atoms with Crippen molar-refractivity contribution in [3.8, 4) is 5.75 Å². The SMILES string of the molecule is CCCCC(CC)COc1ccc([B-](F)(F)F)c(C)c1.[K+]. The molecule has 0 saturated heterocycles. The van der Waals surface area contributed by atoms with Gasteiger partial charge in [0.2, 0.25) is 0 Å². The Morgan fingerprint density at radius 3 is 2.33 bits per heavy atom. The van der Waals surface area contributed by atoms with E-state index < -0.39 is 12.4 Å². The molecule has 0 heterocycles. The summed E-state index contributed by atoms with van der Waals surface area (Å²) in [6, 6.07) is 4.03. The van der Waals surface area contributed by atoms with Crippen molar-refractivity contribution < 1.29 is 69.1 Å². The molecule has 0 aliphatic carbocycles. The van der Waals surface area contributed by atoms with Gasteiger partial charge >= 0.3 is 58.4 Å². The van der Waals surface area contributed by atoms with Gasteiger partial charge in [-0.1, -0.05) is 44.7 Å². The molecule has 0 saturated carbocycles. The predicted molar refractivity (Wildman–Crippen MR) is 78.7 cm³/mol. The summed E-state index contributed by atoms with van der Waals surface area (Å²) in [7, 11) is 0. The van der Waals surface area contributed by atoms with Crippen LogP contribution in [0.25, 0.3) is 0 Å². The molecule has 1 unspecified atom stereocenters. The van der Waals surface area contributed by atoms with E-state index in [-0.39, 0.29) is 56.9 Å². The van der Waals surface area contributed by atoms with Gasteiger partial charge < -0.3 is 17.7 Å². The van der Waals surface area contributed by atoms with Crippen LogP contribution in [0, 0.1) is 12.8 Å². The molecular weight excluding hydrogens is 303 g/mol. The fraction of sp³-hybridized carbons (Fsp3) is 0.600. The van der Waals surface area contributed by atoms with Crippen molar-refractivity contribution in [3.63, 3.8) is 0 Å². The summed E-state index contributed by atoms with van der Waals surface area (Å²) in [5, 5.41) is 0. The Morgan fingerprint density at radius 1 is 1.19 bits per heavy atom. The summed E-state index contributed by atoms with van der Waals surface area (Å²) < 4.78 is 43.8. The van der Waals surface area contributed by atoms with E-state index in [0.717, 1.165) is 31.7 Å². The summed E-state index contributed by atoms with van der Waals surface area (Å²) in [6.45, 7) is 1.38. The first-order chi connectivity index (χ1) is 9.38. The average molecular weight is 326 g/mol. The molecular formula is C15H23BF3KO. The van der Waals surface area contributed by atoms with E-state index in [1.807, 2.05) is 0 Å². The third-order valence-corrected chi connectivity index (χ3v) is 3.62. The van der Waals surface area contributed by atoms with Gasteiger partial charge in [-0.05, 0) is 31.4 Å². The molecule has 0 aliphatic heterocycles. The predicted octanol–water partition coefficient (Wildman–Crippen LogP) is 1.65. The summed E-state index contributed by atoms with van der Waals surface area (Å²) in [5.74, 6) is 1.00. The zero-order chi connectivity index (χ0) is 15.2. The van der Waals surface area contributed by atoms with Gasteiger partial charge in [-0.3, -0.25) is 0 Å². The van der Waals surface area contributed by atoms with Gasteiger partial charge in [0, 0.05) is 0 Å². The van der Waals surface area contributed by atoms with Crippen LogP contribution in [-0.4, -0.2) is 13.6 Å². The normalized spacial score (nSPS) is 12.7. The first kappa shape index (κ1) is 21.5. The Hall–Kier alpha value is 0.511. The number of unbranched alkanes of at least 4 members (excludes halogenated alkanes) is 1. The Morgan fingerprint density at radius 2 is 1.86 bits per heavy atom. The maximum absolute atomic E-state index is 12.7. The third-order valence-electron chi connectivity index (χ3n) is 3.62. The zero-order valence-corrected chi connectivity index (χ0v) is 16.6. The van der Waals surface area contributed by atoms with Crippen LogP contribution in [0.1, 0.15) is 45.1 Å². The number of halogens is 3. The fourth-order valence-corrected chi connectivity index (χ4v) is 2.22. The van der Waals surface area contributed by atoms with Gasteiger partial charge in [-0.15, -0.1) is 5.46 Å². The second-order valence-electron chi connectivity index (χ2n) is 5.32. The Balaban J connectivity index is 0.00000400. The minimum Gasteiger partial charge on any atom is -0.493 e. The standard InChI is InChI=1S/C15H23BF3O.K/c1-4-6-7-13(5-2)11-20-14-8-9-15(12(3)10-14)16(17,18)19;/h8-10,13H,4-7,11H2,1-3H3;/q-1;+1. The van der Waals surface area contributed by atoms with Crippen LogP contribution in [0.15, 0.2) is 18.2 Å². The number of rotatable bonds is 8. The Bertz CT molecular complexity index is 424. The van der Waals surface area contributed by atoms with E-state index in [1.165, 1.54) is 19.1 Å². The van der Waals surface area contributed by atoms with Crippen LogP contribution in [-0.2, 0) is 0 Å². The first-order valence-corrected chi connectivity index (χ1v) is 7.31. The molecule has 0 fully saturated rings. The topological polar surface area (TPSA) is 9.23 Å². The van der Waals surface area contributed by atoms with Gasteiger partial charge in [-0.25, -0.2) is 0 Å². The molecule has 1 atom stereocenters. The number of benzene rings is 1. The molecule has 6 heteroatoms. The molecule has 1 nitrogen and oxygen atoms in total. The number of hydrogen-bond donors (Lipinski definition) is 0. The van der Waals surface area contributed by atoms with Crippen molar-refractivity contribution in [2.75, 3.05) is 6.61 Å². The van der Waals surface area contributed by atoms with Gasteiger partial charge in [-0.2, -0.15) is 0 Å². The van der Waals surface area contributed by atoms with Crippen LogP contribution in [0.5, 0.6) is 5.75 Å². The van der Waals surface area contributed by atoms with Crippen molar-refractivity contribution in [2.45, 2.75) is 46.5 Å². The van der Waals surface area contributed by atoms with E-state index in [0.29, 0.717) is 18.3 Å². The van der Waals surface area contributed by atoms with E-state index in [4.69, 9.17) is 4.74 Å². The van der Waals surface area contributed by atoms with Gasteiger partial charge in [0.25, 0.3) is 0 Å². The molecule has 114 valence electrons. The molecule has 21 heavy (non-hydrogen) atoms. The minimum absolute atomic E-state index is 0. The van der Waals surface area contributed by atoms with E-state index >= 15 is 0 Å². The van der Waals surface area contributed by atoms with Crippen molar-refractivity contribution in [1.29, 1.82) is 0 Å². The van der Waals surface area contributed by atoms with Gasteiger partial charge in [0.1, 0.15) is 5.75 Å². The monoisotopic (exact) mass is 326 g/mol. The van der Waals surface area contributed by atoms with Crippen LogP contribution in [0.2, 0.25) is 0 Å². The summed E-state index contributed by atoms with van der Waals surface area (Å²) >= 11 is 0. The van der Waals surface area contributed by atoms with E-state index in [2.05, 4.69) is 13.8 Å². The molecule has 0 bridgehead atoms. The van der Waals surface area contributed by atoms with Gasteiger partial charge in [0.15, 0.2) is 0 Å². The van der Waals surface area contributed by atoms with E-state index in [9.17, 15) is 12.9 Å². The second kappa shape index (κ2) is 10.3. The second-order valence-corrected chi connectivity index (χ2v) is 5.32. The van der Waals surface area contributed by atoms with Crippen molar-refractivity contribution in [2.24, 2.45) is 5.92 Å². The van der Waals surface area contributed by atoms with Crippen LogP contribution in [0.4, 0.5) is 12.9 Å². The molecule has 1 aromatic carbocycles. The molecule has 0 spiro atoms. The van der Waals surface area contributed by atoms with Crippen LogP contribution >= 0.6 is 0 Å². The smallest absolute Gasteiger partial charge is 0.493 e. The van der Waals surface area contributed by atoms with Crippen molar-refractivity contribution in [3.05, 3.63) is 23.8 Å². The van der Waals surface area contributed by atoms with Crippen LogP contribution in [0.3, 0.4) is 0 Å². The van der Waals surface area contributed by atoms with Crippen LogP contribution < -0.4 is 61.6 Å². The number of hydrogen-bond acceptors (Lipinski definition) is 1. The maximum Gasteiger partial charge on any atom is 1.00 e. The quantitative estimate of drug-likeness (QED) is 0.660. The number of ether oxygens (including phenoxy) is 1. The third kappa shape index (κ3) is 7.55. The van der Waals surface area contributed by atoms with Crippen molar-refractivity contribution in [1.82, 2.24) is 0 Å². The largest absolute Gasteiger partial charge is 1.00 e. The Labute approximate surface area is 168 Å². The molecule has 0 aromatic heterocycles. The van der Waals surface area contributed by atoms with Gasteiger partial charge in [0.05, 0.1) is 6.61 Å². The summed E-state index contributed by atoms with van der Waals surface area (Å²) in [4.78, 5) is 0. The molecule has 0 amide bonds. The zero-order valence-electron chi connectivity index (χ0n) is 13.5. The molecule has 0 aliphatic rings. The fourth-order valence-electron chi connectivity index (χ4n) is 2.22. The van der Waals surface area contributed by atoms with E-state index in [1.54, 1.807) is 0 Å².